The molecule has 0 aliphatic carbocycles. The fraction of sp³-hybridized carbons (Fsp3) is 0.333. The molecule has 0 radical (unpaired) electrons. The van der Waals surface area contributed by atoms with E-state index in [1.54, 1.807) is 36.4 Å². The van der Waals surface area contributed by atoms with Crippen LogP contribution >= 0.6 is 15.9 Å². The van der Waals surface area contributed by atoms with E-state index in [9.17, 15) is 19.2 Å². The summed E-state index contributed by atoms with van der Waals surface area (Å²) in [5, 5.41) is 6.23. The highest BCUT2D eigenvalue weighted by Crippen LogP contribution is 2.35. The molecule has 13 heteroatoms. The van der Waals surface area contributed by atoms with Crippen LogP contribution in [0.3, 0.4) is 0 Å². The average Bonchev–Trinajstić information content (AvgIpc) is 3.11. The maximum absolute atomic E-state index is 13.4. The zero-order chi connectivity index (χ0) is 34.3. The Labute approximate surface area is 291 Å². The summed E-state index contributed by atoms with van der Waals surface area (Å²) in [6.07, 6.45) is 0. The first-order chi connectivity index (χ1) is 23.9. The lowest BCUT2D eigenvalue weighted by molar-refractivity contribution is 0.0264. The Bertz CT molecular complexity index is 1860. The van der Waals surface area contributed by atoms with E-state index in [-0.39, 0.29) is 63.1 Å². The number of amides is 4. The van der Waals surface area contributed by atoms with E-state index in [0.29, 0.717) is 72.5 Å². The maximum Gasteiger partial charge on any atom is 0.261 e. The first-order valence-electron chi connectivity index (χ1n) is 16.2. The molecule has 0 spiro atoms. The van der Waals surface area contributed by atoms with E-state index < -0.39 is 0 Å². The second-order valence-corrected chi connectivity index (χ2v) is 12.3. The summed E-state index contributed by atoms with van der Waals surface area (Å²) in [5.74, 6) is -1.46. The van der Waals surface area contributed by atoms with Crippen LogP contribution in [-0.4, -0.2) is 112 Å². The van der Waals surface area contributed by atoms with Crippen LogP contribution in [0.25, 0.3) is 21.5 Å². The number of benzene rings is 4. The van der Waals surface area contributed by atoms with Crippen LogP contribution in [0.5, 0.6) is 0 Å². The molecule has 0 saturated heterocycles. The second-order valence-electron chi connectivity index (χ2n) is 11.4. The smallest absolute Gasteiger partial charge is 0.261 e. The summed E-state index contributed by atoms with van der Waals surface area (Å²) < 4.78 is 23.0. The molecule has 49 heavy (non-hydrogen) atoms. The second kappa shape index (κ2) is 16.0. The molecule has 0 aromatic heterocycles. The van der Waals surface area contributed by atoms with Gasteiger partial charge in [-0.05, 0) is 41.8 Å². The van der Waals surface area contributed by atoms with Crippen LogP contribution in [0.15, 0.2) is 65.1 Å². The predicted octanol–water partition coefficient (Wildman–Crippen LogP) is 4.08. The normalized spacial score (nSPS) is 14.1. The number of hydrogen-bond acceptors (Lipinski definition) is 10. The Morgan fingerprint density at radius 3 is 1.59 bits per heavy atom. The molecular formula is C36H37BrN4O8. The third kappa shape index (κ3) is 7.23. The predicted molar refractivity (Wildman–Crippen MR) is 187 cm³/mol. The highest BCUT2D eigenvalue weighted by atomic mass is 79.9. The quantitative estimate of drug-likeness (QED) is 0.113. The van der Waals surface area contributed by atoms with Crippen LogP contribution in [0.2, 0.25) is 0 Å². The lowest BCUT2D eigenvalue weighted by Crippen LogP contribution is -2.42. The van der Waals surface area contributed by atoms with Gasteiger partial charge in [0.2, 0.25) is 0 Å². The third-order valence-corrected chi connectivity index (χ3v) is 9.11. The summed E-state index contributed by atoms with van der Waals surface area (Å²) in [6, 6.07) is 17.9. The lowest BCUT2D eigenvalue weighted by atomic mass is 9.93. The topological polar surface area (TPSA) is 150 Å². The van der Waals surface area contributed by atoms with Crippen molar-refractivity contribution in [2.24, 2.45) is 5.73 Å². The van der Waals surface area contributed by atoms with Gasteiger partial charge in [0, 0.05) is 61.7 Å². The van der Waals surface area contributed by atoms with Crippen molar-refractivity contribution in [2.75, 3.05) is 84.4 Å². The van der Waals surface area contributed by atoms with Gasteiger partial charge in [0.15, 0.2) is 0 Å². The largest absolute Gasteiger partial charge is 0.382 e. The Morgan fingerprint density at radius 2 is 1.02 bits per heavy atom. The number of carbonyl (C=O) groups excluding carboxylic acids is 4. The molecule has 0 atom stereocenters. The molecule has 6 rings (SSSR count). The number of nitrogens with one attached hydrogen (secondary N) is 1. The van der Waals surface area contributed by atoms with Gasteiger partial charge in [-0.2, -0.15) is 0 Å². The van der Waals surface area contributed by atoms with Crippen molar-refractivity contribution in [1.29, 1.82) is 0 Å². The zero-order valence-electron chi connectivity index (χ0n) is 26.9. The van der Waals surface area contributed by atoms with Crippen LogP contribution in [0, 0.1) is 0 Å². The number of nitrogens with zero attached hydrogens (tertiary/aromatic N) is 2. The van der Waals surface area contributed by atoms with Gasteiger partial charge in [-0.3, -0.25) is 29.0 Å². The number of nitrogens with two attached hydrogens (primary N) is 1. The van der Waals surface area contributed by atoms with Gasteiger partial charge in [-0.25, -0.2) is 0 Å². The van der Waals surface area contributed by atoms with Gasteiger partial charge >= 0.3 is 0 Å². The molecule has 0 bridgehead atoms. The molecule has 4 aromatic rings. The molecule has 0 saturated carbocycles. The molecule has 4 aromatic carbocycles. The van der Waals surface area contributed by atoms with Gasteiger partial charge in [-0.1, -0.05) is 40.2 Å². The molecule has 2 aliphatic rings. The van der Waals surface area contributed by atoms with E-state index in [4.69, 9.17) is 24.7 Å². The van der Waals surface area contributed by atoms with E-state index in [2.05, 4.69) is 21.2 Å². The van der Waals surface area contributed by atoms with Crippen molar-refractivity contribution in [3.05, 3.63) is 87.4 Å². The SMILES string of the molecule is NCCOCCOCCNc1ccc2c3c(cccc13)C(=O)N(CCOCCOCCN1C(=O)c3cccc4c(Br)ccc(c34)C1=O)C2=O. The highest BCUT2D eigenvalue weighted by Gasteiger charge is 2.34. The summed E-state index contributed by atoms with van der Waals surface area (Å²) in [7, 11) is 0. The monoisotopic (exact) mass is 732 g/mol. The molecule has 2 aliphatic heterocycles. The molecule has 4 amide bonds. The Morgan fingerprint density at radius 1 is 0.551 bits per heavy atom. The molecule has 12 nitrogen and oxygen atoms in total. The Balaban J connectivity index is 0.948. The van der Waals surface area contributed by atoms with Crippen LogP contribution in [0.4, 0.5) is 5.69 Å². The van der Waals surface area contributed by atoms with Crippen molar-refractivity contribution in [3.63, 3.8) is 0 Å². The summed E-state index contributed by atoms with van der Waals surface area (Å²) >= 11 is 3.50. The molecule has 256 valence electrons. The first-order valence-corrected chi connectivity index (χ1v) is 17.0. The Kier molecular flexibility index (Phi) is 11.3. The van der Waals surface area contributed by atoms with Gasteiger partial charge in [0.05, 0.1) is 65.9 Å². The minimum atomic E-state index is -0.374. The number of rotatable bonds is 18. The van der Waals surface area contributed by atoms with E-state index in [0.717, 1.165) is 20.9 Å². The maximum atomic E-state index is 13.4. The average molecular weight is 734 g/mol. The number of ether oxygens (including phenoxy) is 4. The number of hydrogen-bond donors (Lipinski definition) is 2. The van der Waals surface area contributed by atoms with Crippen molar-refractivity contribution in [3.8, 4) is 0 Å². The van der Waals surface area contributed by atoms with Crippen LogP contribution in [0.1, 0.15) is 41.4 Å². The van der Waals surface area contributed by atoms with Crippen LogP contribution in [-0.2, 0) is 18.9 Å². The zero-order valence-corrected chi connectivity index (χ0v) is 28.5. The fourth-order valence-electron chi connectivity index (χ4n) is 6.11. The van der Waals surface area contributed by atoms with Gasteiger partial charge in [0.1, 0.15) is 0 Å². The summed E-state index contributed by atoms with van der Waals surface area (Å²) in [5.41, 5.74) is 8.10. The molecule has 0 unspecified atom stereocenters. The molecular weight excluding hydrogens is 696 g/mol. The van der Waals surface area contributed by atoms with Crippen molar-refractivity contribution < 1.29 is 38.1 Å². The first kappa shape index (κ1) is 34.6. The third-order valence-electron chi connectivity index (χ3n) is 8.42. The number of carbonyl (C=O) groups is 4. The minimum Gasteiger partial charge on any atom is -0.382 e. The standard InChI is InChI=1S/C36H37BrN4O8/c37-29-9-7-27-31-23(29)3-1-5-25(31)33(42)40(35(27)44)13-17-48-21-22-49-18-14-41-34(43)26-6-2-4-24-30(10-8-28(32(24)26)36(41)45)39-12-16-47-20-19-46-15-11-38/h1-10,39H,11-22,38H2. The number of halogens is 1. The van der Waals surface area contributed by atoms with E-state index in [1.807, 2.05) is 24.3 Å². The fourth-order valence-corrected chi connectivity index (χ4v) is 6.58. The van der Waals surface area contributed by atoms with E-state index in [1.165, 1.54) is 9.80 Å². The number of imide groups is 2. The highest BCUT2D eigenvalue weighted by molar-refractivity contribution is 9.10. The molecule has 0 fully saturated rings. The van der Waals surface area contributed by atoms with Crippen LogP contribution < -0.4 is 11.1 Å². The number of anilines is 1. The van der Waals surface area contributed by atoms with Crippen molar-refractivity contribution in [1.82, 2.24) is 9.80 Å². The van der Waals surface area contributed by atoms with Crippen molar-refractivity contribution in [2.45, 2.75) is 0 Å². The Hall–Kier alpha value is -4.24. The van der Waals surface area contributed by atoms with Gasteiger partial charge in [-0.15, -0.1) is 0 Å². The molecule has 3 N–H and O–H groups in total. The summed E-state index contributed by atoms with van der Waals surface area (Å²) in [4.78, 5) is 55.4. The molecule has 2 heterocycles. The lowest BCUT2D eigenvalue weighted by Gasteiger charge is -2.28. The van der Waals surface area contributed by atoms with Gasteiger partial charge in [0.25, 0.3) is 23.6 Å². The van der Waals surface area contributed by atoms with Crippen molar-refractivity contribution >= 4 is 66.8 Å². The minimum absolute atomic E-state index is 0.0810. The van der Waals surface area contributed by atoms with Gasteiger partial charge < -0.3 is 30.0 Å². The summed E-state index contributed by atoms with van der Waals surface area (Å²) in [6.45, 7) is 3.80. The van der Waals surface area contributed by atoms with E-state index >= 15 is 0 Å².